The first-order valence-corrected chi connectivity index (χ1v) is 32.7. The molecule has 0 aliphatic carbocycles. The van der Waals surface area contributed by atoms with Crippen LogP contribution in [0.25, 0.3) is 0 Å². The number of likely N-dealkylation sites (N-methyl/N-ethyl adjacent to an activating group) is 9. The van der Waals surface area contributed by atoms with Gasteiger partial charge in [-0.1, -0.05) is 6.42 Å². The molecule has 7 amide bonds. The smallest absolute Gasteiger partial charge is 0.409 e. The van der Waals surface area contributed by atoms with Gasteiger partial charge in [-0.25, -0.2) is 19.4 Å². The topological polar surface area (TPSA) is 200 Å². The van der Waals surface area contributed by atoms with Crippen molar-refractivity contribution in [3.8, 4) is 0 Å². The zero-order chi connectivity index (χ0) is 66.6. The number of alkyl halides is 4. The first kappa shape index (κ1) is 81.2. The highest BCUT2D eigenvalue weighted by Gasteiger charge is 2.61. The summed E-state index contributed by atoms with van der Waals surface area (Å²) < 4.78 is 74.5. The lowest BCUT2D eigenvalue weighted by atomic mass is 10.1. The molecule has 0 spiro atoms. The highest BCUT2D eigenvalue weighted by molar-refractivity contribution is 8.00. The summed E-state index contributed by atoms with van der Waals surface area (Å²) in [7, 11) is 26.1. The molecule has 10 fully saturated rings. The summed E-state index contributed by atoms with van der Waals surface area (Å²) in [4.78, 5) is 86.6. The molecule has 12 aliphatic heterocycles. The molecule has 0 unspecified atom stereocenters. The van der Waals surface area contributed by atoms with Gasteiger partial charge in [-0.05, 0) is 116 Å². The van der Waals surface area contributed by atoms with Crippen LogP contribution in [0.1, 0.15) is 44.9 Å². The third kappa shape index (κ3) is 36.1. The quantitative estimate of drug-likeness (QED) is 0.148. The van der Waals surface area contributed by atoms with Crippen LogP contribution in [0.3, 0.4) is 0 Å². The van der Waals surface area contributed by atoms with E-state index in [9.17, 15) is 45.7 Å². The largest absolute Gasteiger partial charge is 0.468 e. The minimum atomic E-state index is -3.85. The van der Waals surface area contributed by atoms with Gasteiger partial charge < -0.3 is 73.0 Å². The lowest BCUT2D eigenvalue weighted by Crippen LogP contribution is -2.38. The Bertz CT molecular complexity index is 2090. The Kier molecular flexibility index (Phi) is 39.7. The molecule has 30 heteroatoms. The number of amides is 7. The van der Waals surface area contributed by atoms with E-state index in [-0.39, 0.29) is 30.6 Å². The maximum atomic E-state index is 12.2. The fourth-order valence-electron chi connectivity index (χ4n) is 8.48. The van der Waals surface area contributed by atoms with E-state index in [1.807, 2.05) is 46.5 Å². The van der Waals surface area contributed by atoms with Crippen LogP contribution in [0.15, 0.2) is 9.98 Å². The molecule has 0 aromatic heterocycles. The number of aliphatic imine (C=N–C) groups is 2. The Morgan fingerprint density at radius 1 is 0.489 bits per heavy atom. The zero-order valence-corrected chi connectivity index (χ0v) is 57.2. The molecule has 0 aromatic carbocycles. The van der Waals surface area contributed by atoms with E-state index in [0.717, 1.165) is 132 Å². The summed E-state index contributed by atoms with van der Waals surface area (Å²) in [5, 5.41) is 0. The van der Waals surface area contributed by atoms with E-state index >= 15 is 0 Å². The number of urea groups is 2. The van der Waals surface area contributed by atoms with E-state index in [1.54, 1.807) is 40.8 Å². The van der Waals surface area contributed by atoms with Crippen LogP contribution in [0.2, 0.25) is 0 Å². The van der Waals surface area contributed by atoms with Crippen molar-refractivity contribution in [1.82, 2.24) is 68.6 Å². The van der Waals surface area contributed by atoms with Crippen molar-refractivity contribution in [3.63, 3.8) is 0 Å². The standard InChI is InChI=1S/C6H13NOS.C6H13N.C5H7F4N.C5H8N2O2.2C5H10N2O.C5H11NO.C5H9NO.C5H11N.C4H8N2.C4H7NO2.C3H7N/c1-7-3-5-9(2,8)6-4-7;1-7-5-3-2-4-6-7;1-10-2-4(6,7)5(8,9)3-10;1-6-3-4(8)7(2)5(6)9;1-7-4-3-6-5(7)8-2;1-6-3-4-7(2)5(6)8;1-6-2-4-7-5-3-6;1-6-4-2-3-5(6)7;1-6-4-2-3-5-6;1-6-3-2-5-4-6;1-5-2-3-7-4(5)6;1-4-2-3-4/h2-6H2,1H3;2-6H2,1H3;2-3H2,1H3;3H2,1-2H3;2*3-4H2,1-2H3;2-5H2,1H3;2-4H2,1H3;2-5H2,1H3;4H,2-3H2,1H3;2-3H2,1H3;2-3H2,1H3. The van der Waals surface area contributed by atoms with E-state index in [1.165, 1.54) is 90.4 Å². The average molecular weight is 1290 g/mol. The number of nitrogens with zero attached hydrogens (tertiary/aromatic N) is 16. The molecule has 12 rings (SSSR count). The van der Waals surface area contributed by atoms with Gasteiger partial charge in [-0.15, -0.1) is 0 Å². The van der Waals surface area contributed by atoms with Gasteiger partial charge in [0.15, 0.2) is 0 Å². The number of hydrogen-bond acceptors (Lipinski definition) is 19. The Hall–Kier alpha value is -4.85. The van der Waals surface area contributed by atoms with Crippen molar-refractivity contribution < 1.29 is 60.0 Å². The molecule has 0 saturated carbocycles. The number of halogens is 4. The van der Waals surface area contributed by atoms with Crippen molar-refractivity contribution in [3.05, 3.63) is 0 Å². The maximum absolute atomic E-state index is 12.2. The molecule has 0 bridgehead atoms. The van der Waals surface area contributed by atoms with Crippen LogP contribution in [0.5, 0.6) is 0 Å². The second-order valence-electron chi connectivity index (χ2n) is 23.8. The second-order valence-corrected chi connectivity index (χ2v) is 26.6. The van der Waals surface area contributed by atoms with Crippen LogP contribution >= 0.6 is 0 Å². The van der Waals surface area contributed by atoms with Crippen LogP contribution in [-0.2, 0) is 33.3 Å². The molecular weight excluding hydrogens is 1170 g/mol. The fraction of sp³-hybridized carbons (Fsp3) is 0.862. The Morgan fingerprint density at radius 2 is 0.966 bits per heavy atom. The maximum Gasteiger partial charge on any atom is 0.409 e. The minimum Gasteiger partial charge on any atom is -0.468 e. The van der Waals surface area contributed by atoms with E-state index in [4.69, 9.17) is 9.47 Å². The monoisotopic (exact) mass is 1290 g/mol. The predicted octanol–water partition coefficient (Wildman–Crippen LogP) is 2.24. The molecule has 12 heterocycles. The van der Waals surface area contributed by atoms with Crippen molar-refractivity contribution in [2.45, 2.75) is 56.8 Å². The first-order valence-electron chi connectivity index (χ1n) is 30.6. The summed E-state index contributed by atoms with van der Waals surface area (Å²) in [6.07, 6.45) is 10.6. The molecule has 0 aromatic rings. The van der Waals surface area contributed by atoms with Crippen LogP contribution in [0.4, 0.5) is 31.9 Å². The molecule has 0 radical (unpaired) electrons. The molecule has 0 N–H and O–H groups in total. The van der Waals surface area contributed by atoms with Gasteiger partial charge in [-0.3, -0.25) is 28.6 Å². The van der Waals surface area contributed by atoms with Gasteiger partial charge in [0.25, 0.3) is 6.02 Å². The van der Waals surface area contributed by atoms with Gasteiger partial charge in [0, 0.05) is 146 Å². The number of carbonyl (C=O) groups is 5. The van der Waals surface area contributed by atoms with E-state index in [2.05, 4.69) is 85.2 Å². The van der Waals surface area contributed by atoms with Crippen LogP contribution < -0.4 is 0 Å². The highest BCUT2D eigenvalue weighted by Crippen LogP contribution is 2.40. The van der Waals surface area contributed by atoms with Crippen molar-refractivity contribution >= 4 is 57.7 Å². The molecular formula is C58H114F4N16O9S. The lowest BCUT2D eigenvalue weighted by Gasteiger charge is -2.24. The molecule has 88 heavy (non-hydrogen) atoms. The summed E-state index contributed by atoms with van der Waals surface area (Å²) in [5.74, 6) is -2.31. The number of methoxy groups -OCH3 is 1. The number of hydrogen-bond donors (Lipinski definition) is 0. The summed E-state index contributed by atoms with van der Waals surface area (Å²) >= 11 is 0. The van der Waals surface area contributed by atoms with Crippen molar-refractivity contribution in [2.75, 3.05) is 275 Å². The molecule has 25 nitrogen and oxygen atoms in total. The molecule has 0 atom stereocenters. The number of rotatable bonds is 0. The van der Waals surface area contributed by atoms with E-state index in [0.29, 0.717) is 12.5 Å². The SMILES string of the molecule is C=S1(=O)CCN(C)CC1.CN1C=NCC1.CN1CC(=O)N(C)C1=O.CN1CC(F)(F)C(F)(F)C1.CN1CC1.CN1CCCC1.CN1CCCC1=O.CN1CCCCC1.CN1CCN(C)C1=O.CN1CCOC1=O.CN1CCOCC1.COC1=NCCN1C. The summed E-state index contributed by atoms with van der Waals surface area (Å²) in [6.45, 7) is 20.3. The Labute approximate surface area is 525 Å². The fourth-order valence-corrected chi connectivity index (χ4v) is 9.98. The zero-order valence-electron chi connectivity index (χ0n) is 56.4. The van der Waals surface area contributed by atoms with Crippen LogP contribution in [0, 0.1) is 0 Å². The van der Waals surface area contributed by atoms with Gasteiger partial charge in [0.05, 0.1) is 59.4 Å². The normalized spacial score (nSPS) is 23.6. The average Bonchev–Trinajstić information content (AvgIpc) is 1.85. The second kappa shape index (κ2) is 43.0. The number of carbonyl (C=O) groups excluding carboxylic acids is 5. The molecule has 514 valence electrons. The number of piperidine rings is 1. The lowest BCUT2D eigenvalue weighted by molar-refractivity contribution is -0.172. The molecule has 12 aliphatic rings. The minimum absolute atomic E-state index is 0.130. The number of amidine groups is 1. The number of cyclic esters (lactones) is 1. The number of ether oxygens (including phenoxy) is 3. The predicted molar refractivity (Wildman–Crippen MR) is 344 cm³/mol. The van der Waals surface area contributed by atoms with Gasteiger partial charge in [-0.2, -0.15) is 17.6 Å². The van der Waals surface area contributed by atoms with Gasteiger partial charge >= 0.3 is 30.0 Å². The molecule has 10 saturated heterocycles. The number of likely N-dealkylation sites (tertiary alicyclic amines) is 4. The van der Waals surface area contributed by atoms with Crippen molar-refractivity contribution in [2.24, 2.45) is 9.98 Å². The Balaban J connectivity index is 0.000000482. The van der Waals surface area contributed by atoms with Crippen LogP contribution in [-0.4, -0.2) is 407 Å². The Morgan fingerprint density at radius 3 is 1.14 bits per heavy atom. The highest BCUT2D eigenvalue weighted by atomic mass is 32.2. The number of morpholine rings is 1. The number of imide groups is 1. The third-order valence-corrected chi connectivity index (χ3v) is 16.9. The summed E-state index contributed by atoms with van der Waals surface area (Å²) in [5.41, 5.74) is 0. The van der Waals surface area contributed by atoms with Gasteiger partial charge in [0.2, 0.25) is 11.8 Å². The van der Waals surface area contributed by atoms with Crippen molar-refractivity contribution in [1.29, 1.82) is 0 Å². The summed E-state index contributed by atoms with van der Waals surface area (Å²) in [6, 6.07) is 0.662. The van der Waals surface area contributed by atoms with E-state index < -0.39 is 34.5 Å². The first-order chi connectivity index (χ1) is 41.2. The van der Waals surface area contributed by atoms with Gasteiger partial charge in [0.1, 0.15) is 13.2 Å². The third-order valence-electron chi connectivity index (χ3n) is 15.1.